The van der Waals surface area contributed by atoms with Gasteiger partial charge in [-0.2, -0.15) is 0 Å². The van der Waals surface area contributed by atoms with Crippen molar-refractivity contribution in [2.75, 3.05) is 0 Å². The third-order valence-electron chi connectivity index (χ3n) is 6.84. The van der Waals surface area contributed by atoms with Crippen molar-refractivity contribution in [3.8, 4) is 0 Å². The molecule has 0 fully saturated rings. The zero-order chi connectivity index (χ0) is 20.2. The Kier molecular flexibility index (Phi) is 3.75. The maximum absolute atomic E-state index is 4.28. The lowest BCUT2D eigenvalue weighted by Gasteiger charge is -2.25. The summed E-state index contributed by atoms with van der Waals surface area (Å²) in [5.74, 6) is 0.468. The van der Waals surface area contributed by atoms with Gasteiger partial charge < -0.3 is 4.57 Å². The molecule has 0 bridgehead atoms. The number of aromatic nitrogens is 1. The SMILES string of the molecule is C=CC(c1ccc2c(c1C1=C=CC=C1)C=CC2)C1C=Cc2c1n(C)c1ccccc21. The van der Waals surface area contributed by atoms with E-state index in [0.29, 0.717) is 0 Å². The van der Waals surface area contributed by atoms with Crippen LogP contribution in [0.3, 0.4) is 0 Å². The molecule has 0 aliphatic heterocycles. The molecule has 2 aromatic carbocycles. The lowest BCUT2D eigenvalue weighted by atomic mass is 9.79. The van der Waals surface area contributed by atoms with Gasteiger partial charge in [0.2, 0.25) is 0 Å². The van der Waals surface area contributed by atoms with Gasteiger partial charge in [0.25, 0.3) is 0 Å². The first-order chi connectivity index (χ1) is 14.8. The van der Waals surface area contributed by atoms with Gasteiger partial charge in [0.05, 0.1) is 0 Å². The van der Waals surface area contributed by atoms with Crippen molar-refractivity contribution in [1.29, 1.82) is 0 Å². The summed E-state index contributed by atoms with van der Waals surface area (Å²) in [6.07, 6.45) is 18.6. The molecule has 6 rings (SSSR count). The van der Waals surface area contributed by atoms with E-state index in [0.717, 1.165) is 6.42 Å². The molecule has 1 heteroatoms. The highest BCUT2D eigenvalue weighted by molar-refractivity contribution is 5.94. The number of nitrogens with zero attached hydrogens (tertiary/aromatic N) is 1. The minimum atomic E-state index is 0.197. The monoisotopic (exact) mass is 385 g/mol. The van der Waals surface area contributed by atoms with Crippen LogP contribution in [0.4, 0.5) is 0 Å². The Balaban J connectivity index is 1.56. The maximum Gasteiger partial charge on any atom is 0.0486 e. The van der Waals surface area contributed by atoms with E-state index in [1.165, 1.54) is 50.0 Å². The van der Waals surface area contributed by atoms with Gasteiger partial charge in [-0.25, -0.2) is 0 Å². The molecule has 2 unspecified atom stereocenters. The number of allylic oxidation sites excluding steroid dienone is 6. The highest BCUT2D eigenvalue weighted by Gasteiger charge is 2.32. The van der Waals surface area contributed by atoms with Crippen LogP contribution in [0.1, 0.15) is 45.3 Å². The highest BCUT2D eigenvalue weighted by atomic mass is 15.0. The second-order valence-corrected chi connectivity index (χ2v) is 8.31. The number of para-hydroxylation sites is 1. The quantitative estimate of drug-likeness (QED) is 0.339. The van der Waals surface area contributed by atoms with Gasteiger partial charge in [0.1, 0.15) is 0 Å². The van der Waals surface area contributed by atoms with Crippen LogP contribution in [-0.4, -0.2) is 4.57 Å². The molecule has 3 aromatic rings. The summed E-state index contributed by atoms with van der Waals surface area (Å²) in [6.45, 7) is 4.28. The minimum Gasteiger partial charge on any atom is -0.346 e. The molecule has 0 spiro atoms. The first-order valence-electron chi connectivity index (χ1n) is 10.6. The fourth-order valence-electron chi connectivity index (χ4n) is 5.48. The zero-order valence-electron chi connectivity index (χ0n) is 17.1. The van der Waals surface area contributed by atoms with Crippen LogP contribution >= 0.6 is 0 Å². The van der Waals surface area contributed by atoms with Crippen molar-refractivity contribution >= 4 is 28.6 Å². The van der Waals surface area contributed by atoms with Gasteiger partial charge in [-0.3, -0.25) is 0 Å². The Hall–Kier alpha value is -3.54. The molecular formula is C29H23N. The predicted molar refractivity (Wildman–Crippen MR) is 127 cm³/mol. The molecule has 1 heterocycles. The van der Waals surface area contributed by atoms with Crippen molar-refractivity contribution in [3.05, 3.63) is 119 Å². The summed E-state index contributed by atoms with van der Waals surface area (Å²) in [7, 11) is 2.19. The summed E-state index contributed by atoms with van der Waals surface area (Å²) in [4.78, 5) is 0. The molecule has 30 heavy (non-hydrogen) atoms. The number of aryl methyl sites for hydroxylation is 1. The third kappa shape index (κ3) is 2.30. The Labute approximate surface area is 177 Å². The largest absolute Gasteiger partial charge is 0.346 e. The molecule has 0 saturated heterocycles. The number of fused-ring (bicyclic) bond motifs is 4. The van der Waals surface area contributed by atoms with Crippen LogP contribution < -0.4 is 0 Å². The van der Waals surface area contributed by atoms with Gasteiger partial charge >= 0.3 is 0 Å². The van der Waals surface area contributed by atoms with Crippen LogP contribution in [-0.2, 0) is 13.5 Å². The van der Waals surface area contributed by atoms with Gasteiger partial charge in [0, 0.05) is 52.2 Å². The number of rotatable bonds is 4. The summed E-state index contributed by atoms with van der Waals surface area (Å²) in [6, 6.07) is 13.3. The highest BCUT2D eigenvalue weighted by Crippen LogP contribution is 2.47. The summed E-state index contributed by atoms with van der Waals surface area (Å²) < 4.78 is 2.37. The van der Waals surface area contributed by atoms with E-state index in [9.17, 15) is 0 Å². The van der Waals surface area contributed by atoms with E-state index in [2.05, 4.69) is 103 Å². The van der Waals surface area contributed by atoms with Gasteiger partial charge in [0.15, 0.2) is 0 Å². The van der Waals surface area contributed by atoms with Crippen LogP contribution in [0.15, 0.2) is 85.2 Å². The number of hydrogen-bond donors (Lipinski definition) is 0. The van der Waals surface area contributed by atoms with E-state index in [-0.39, 0.29) is 11.8 Å². The predicted octanol–water partition coefficient (Wildman–Crippen LogP) is 6.94. The lowest BCUT2D eigenvalue weighted by Crippen LogP contribution is -2.12. The maximum atomic E-state index is 4.28. The molecule has 1 nitrogen and oxygen atoms in total. The summed E-state index contributed by atoms with van der Waals surface area (Å²) >= 11 is 0. The van der Waals surface area contributed by atoms with Crippen molar-refractivity contribution in [2.45, 2.75) is 18.3 Å². The van der Waals surface area contributed by atoms with Crippen LogP contribution in [0.25, 0.3) is 28.6 Å². The summed E-state index contributed by atoms with van der Waals surface area (Å²) in [5, 5.41) is 1.33. The van der Waals surface area contributed by atoms with E-state index < -0.39 is 0 Å². The van der Waals surface area contributed by atoms with E-state index in [1.807, 2.05) is 6.08 Å². The Bertz CT molecular complexity index is 1380. The Morgan fingerprint density at radius 3 is 2.83 bits per heavy atom. The van der Waals surface area contributed by atoms with E-state index in [4.69, 9.17) is 0 Å². The molecule has 1 aromatic heterocycles. The van der Waals surface area contributed by atoms with Gasteiger partial charge in [-0.15, -0.1) is 12.3 Å². The molecule has 0 amide bonds. The molecule has 3 aliphatic rings. The smallest absolute Gasteiger partial charge is 0.0486 e. The minimum absolute atomic E-state index is 0.197. The normalized spacial score (nSPS) is 18.8. The fourth-order valence-corrected chi connectivity index (χ4v) is 5.48. The van der Waals surface area contributed by atoms with Crippen molar-refractivity contribution < 1.29 is 0 Å². The molecule has 0 N–H and O–H groups in total. The van der Waals surface area contributed by atoms with E-state index >= 15 is 0 Å². The molecule has 144 valence electrons. The standard InChI is InChI=1S/C29H23N/c1-3-21(25-17-18-26-23-12-6-7-14-27(23)30(2)29(25)26)24-16-15-19-11-8-13-22(19)28(24)20-9-4-5-10-20/h3-9,12-18,21,25H,1,11H2,2H3. The molecule has 2 atom stereocenters. The van der Waals surface area contributed by atoms with E-state index in [1.54, 1.807) is 0 Å². The van der Waals surface area contributed by atoms with Crippen molar-refractivity contribution in [2.24, 2.45) is 7.05 Å². The molecular weight excluding hydrogens is 362 g/mol. The van der Waals surface area contributed by atoms with Gasteiger partial charge in [-0.1, -0.05) is 66.8 Å². The first-order valence-corrected chi connectivity index (χ1v) is 10.6. The molecule has 3 aliphatic carbocycles. The lowest BCUT2D eigenvalue weighted by molar-refractivity contribution is 0.691. The first kappa shape index (κ1) is 17.3. The number of benzene rings is 2. The van der Waals surface area contributed by atoms with Crippen molar-refractivity contribution in [1.82, 2.24) is 4.57 Å². The zero-order valence-corrected chi connectivity index (χ0v) is 17.1. The fraction of sp³-hybridized carbons (Fsp3) is 0.138. The third-order valence-corrected chi connectivity index (χ3v) is 6.84. The second kappa shape index (κ2) is 6.49. The molecule has 0 radical (unpaired) electrons. The average Bonchev–Trinajstić information content (AvgIpc) is 3.56. The van der Waals surface area contributed by atoms with Crippen LogP contribution in [0.2, 0.25) is 0 Å². The summed E-state index contributed by atoms with van der Waals surface area (Å²) in [5.41, 5.74) is 14.1. The second-order valence-electron chi connectivity index (χ2n) is 8.31. The van der Waals surface area contributed by atoms with Crippen LogP contribution in [0.5, 0.6) is 0 Å². The topological polar surface area (TPSA) is 4.93 Å². The average molecular weight is 386 g/mol. The molecule has 0 saturated carbocycles. The van der Waals surface area contributed by atoms with Crippen LogP contribution in [0, 0.1) is 0 Å². The van der Waals surface area contributed by atoms with Gasteiger partial charge in [-0.05, 0) is 41.3 Å². The van der Waals surface area contributed by atoms with Crippen molar-refractivity contribution in [3.63, 3.8) is 0 Å². The number of hydrogen-bond acceptors (Lipinski definition) is 0. The Morgan fingerprint density at radius 1 is 1.10 bits per heavy atom. The Morgan fingerprint density at radius 2 is 2.00 bits per heavy atom.